The van der Waals surface area contributed by atoms with Gasteiger partial charge in [0.25, 0.3) is 0 Å². The summed E-state index contributed by atoms with van der Waals surface area (Å²) in [6.07, 6.45) is -4.75. The number of hydrogen-bond donors (Lipinski definition) is 3. The van der Waals surface area contributed by atoms with E-state index in [2.05, 4.69) is 5.10 Å². The second-order valence-corrected chi connectivity index (χ2v) is 5.17. The molecule has 1 aliphatic rings. The lowest BCUT2D eigenvalue weighted by Gasteiger charge is -2.24. The van der Waals surface area contributed by atoms with E-state index in [-0.39, 0.29) is 40.0 Å². The Bertz CT molecular complexity index is 912. The van der Waals surface area contributed by atoms with Gasteiger partial charge in [0.05, 0.1) is 18.6 Å². The second-order valence-electron chi connectivity index (χ2n) is 5.17. The Morgan fingerprint density at radius 1 is 1.44 bits per heavy atom. The molecular weight excluding hydrogens is 341 g/mol. The van der Waals surface area contributed by atoms with Gasteiger partial charge in [-0.25, -0.2) is 0 Å². The number of fused-ring (bicyclic) bond motifs is 1. The smallest absolute Gasteiger partial charge is 0.433 e. The summed E-state index contributed by atoms with van der Waals surface area (Å²) in [4.78, 5) is 0. The first-order chi connectivity index (χ1) is 11.8. The number of halogens is 3. The molecule has 0 bridgehead atoms. The van der Waals surface area contributed by atoms with Gasteiger partial charge in [0.15, 0.2) is 11.5 Å². The lowest BCUT2D eigenvalue weighted by molar-refractivity contribution is -0.141. The number of benzene rings is 1. The predicted octanol–water partition coefficient (Wildman–Crippen LogP) is 2.36. The Kier molecular flexibility index (Phi) is 3.71. The Hall–Kier alpha value is -3.35. The summed E-state index contributed by atoms with van der Waals surface area (Å²) in [5.41, 5.74) is 4.12. The van der Waals surface area contributed by atoms with Crippen molar-refractivity contribution in [2.45, 2.75) is 12.1 Å². The van der Waals surface area contributed by atoms with E-state index < -0.39 is 17.8 Å². The fourth-order valence-electron chi connectivity index (χ4n) is 2.68. The van der Waals surface area contributed by atoms with Gasteiger partial charge >= 0.3 is 6.18 Å². The van der Waals surface area contributed by atoms with Gasteiger partial charge in [-0.3, -0.25) is 5.10 Å². The molecule has 2 aromatic rings. The standard InChI is InChI=1S/C15H11F3N4O3/c1-24-9-3-2-6(4-8(9)23)10-7(5-19)13(20)25-14-11(10)12(21-22-14)15(16,17)18/h2-4,10,23H,20H2,1H3,(H,21,22). The second kappa shape index (κ2) is 5.62. The molecule has 10 heteroatoms. The van der Waals surface area contributed by atoms with Crippen molar-refractivity contribution in [3.8, 4) is 23.4 Å². The van der Waals surface area contributed by atoms with Crippen LogP contribution in [-0.4, -0.2) is 22.4 Å². The van der Waals surface area contributed by atoms with Crippen LogP contribution in [0.5, 0.6) is 17.4 Å². The number of aromatic nitrogens is 2. The largest absolute Gasteiger partial charge is 0.504 e. The maximum absolute atomic E-state index is 13.3. The van der Waals surface area contributed by atoms with Crippen molar-refractivity contribution in [1.29, 1.82) is 5.26 Å². The van der Waals surface area contributed by atoms with Gasteiger partial charge in [0, 0.05) is 0 Å². The first kappa shape index (κ1) is 16.5. The van der Waals surface area contributed by atoms with Crippen molar-refractivity contribution in [2.75, 3.05) is 7.11 Å². The van der Waals surface area contributed by atoms with Crippen molar-refractivity contribution in [3.63, 3.8) is 0 Å². The third-order valence-electron chi connectivity index (χ3n) is 3.76. The average Bonchev–Trinajstić information content (AvgIpc) is 2.96. The number of H-pyrrole nitrogens is 1. The molecular formula is C15H11F3N4O3. The van der Waals surface area contributed by atoms with Crippen molar-refractivity contribution < 1.29 is 27.8 Å². The summed E-state index contributed by atoms with van der Waals surface area (Å²) in [5, 5.41) is 24.7. The summed E-state index contributed by atoms with van der Waals surface area (Å²) in [7, 11) is 1.33. The number of hydrogen-bond acceptors (Lipinski definition) is 6. The van der Waals surface area contributed by atoms with E-state index in [0.29, 0.717) is 0 Å². The van der Waals surface area contributed by atoms with Crippen LogP contribution in [0.15, 0.2) is 29.7 Å². The van der Waals surface area contributed by atoms with E-state index in [9.17, 15) is 23.5 Å². The number of aromatic hydroxyl groups is 1. The van der Waals surface area contributed by atoms with Gasteiger partial charge in [-0.05, 0) is 17.7 Å². The number of nitrogens with one attached hydrogen (secondary N) is 1. The number of aromatic amines is 1. The van der Waals surface area contributed by atoms with Gasteiger partial charge in [-0.15, -0.1) is 5.10 Å². The minimum atomic E-state index is -4.75. The van der Waals surface area contributed by atoms with Crippen LogP contribution >= 0.6 is 0 Å². The maximum Gasteiger partial charge on any atom is 0.433 e. The van der Waals surface area contributed by atoms with Crippen LogP contribution < -0.4 is 15.2 Å². The highest BCUT2D eigenvalue weighted by atomic mass is 19.4. The number of phenols is 1. The van der Waals surface area contributed by atoms with Crippen LogP contribution in [0.1, 0.15) is 22.7 Å². The Labute approximate surface area is 139 Å². The molecule has 25 heavy (non-hydrogen) atoms. The highest BCUT2D eigenvalue weighted by Gasteiger charge is 2.44. The molecule has 0 saturated carbocycles. The zero-order chi connectivity index (χ0) is 18.4. The fraction of sp³-hybridized carbons (Fsp3) is 0.200. The van der Waals surface area contributed by atoms with E-state index in [1.807, 2.05) is 5.10 Å². The van der Waals surface area contributed by atoms with E-state index in [4.69, 9.17) is 15.2 Å². The molecule has 0 radical (unpaired) electrons. The van der Waals surface area contributed by atoms with Crippen LogP contribution in [0.3, 0.4) is 0 Å². The van der Waals surface area contributed by atoms with Crippen LogP contribution in [0, 0.1) is 11.3 Å². The maximum atomic E-state index is 13.3. The minimum Gasteiger partial charge on any atom is -0.504 e. The number of nitrogens with two attached hydrogens (primary N) is 1. The molecule has 2 heterocycles. The molecule has 1 aromatic heterocycles. The molecule has 1 aliphatic heterocycles. The lowest BCUT2D eigenvalue weighted by Crippen LogP contribution is -2.22. The molecule has 1 atom stereocenters. The first-order valence-corrected chi connectivity index (χ1v) is 6.87. The lowest BCUT2D eigenvalue weighted by atomic mass is 9.84. The predicted molar refractivity (Wildman–Crippen MR) is 77.5 cm³/mol. The van der Waals surface area contributed by atoms with Gasteiger partial charge in [0.1, 0.15) is 17.3 Å². The van der Waals surface area contributed by atoms with Crippen LogP contribution in [0.2, 0.25) is 0 Å². The van der Waals surface area contributed by atoms with E-state index in [1.165, 1.54) is 25.3 Å². The van der Waals surface area contributed by atoms with Crippen molar-refractivity contribution in [3.05, 3.63) is 46.5 Å². The Balaban J connectivity index is 2.26. The van der Waals surface area contributed by atoms with Crippen molar-refractivity contribution >= 4 is 0 Å². The summed E-state index contributed by atoms with van der Waals surface area (Å²) >= 11 is 0. The van der Waals surface area contributed by atoms with Gasteiger partial charge in [-0.1, -0.05) is 6.07 Å². The summed E-state index contributed by atoms with van der Waals surface area (Å²) < 4.78 is 49.9. The molecule has 130 valence electrons. The molecule has 0 aliphatic carbocycles. The number of methoxy groups -OCH3 is 1. The topological polar surface area (TPSA) is 117 Å². The SMILES string of the molecule is COc1ccc(C2C(C#N)=C(N)Oc3n[nH]c(C(F)(F)F)c32)cc1O. The molecule has 4 N–H and O–H groups in total. The number of alkyl halides is 3. The normalized spacial score (nSPS) is 16.8. The molecule has 1 aromatic carbocycles. The number of ether oxygens (including phenoxy) is 2. The number of phenolic OH excluding ortho intramolecular Hbond substituents is 1. The highest BCUT2D eigenvalue weighted by Crippen LogP contribution is 2.47. The number of nitriles is 1. The van der Waals surface area contributed by atoms with Gasteiger partial charge in [-0.2, -0.15) is 18.4 Å². The summed E-state index contributed by atoms with van der Waals surface area (Å²) in [5.74, 6) is -2.09. The van der Waals surface area contributed by atoms with E-state index >= 15 is 0 Å². The molecule has 3 rings (SSSR count). The summed E-state index contributed by atoms with van der Waals surface area (Å²) in [6.45, 7) is 0. The molecule has 1 unspecified atom stereocenters. The summed E-state index contributed by atoms with van der Waals surface area (Å²) in [6, 6.07) is 5.77. The molecule has 0 saturated heterocycles. The monoisotopic (exact) mass is 352 g/mol. The molecule has 0 amide bonds. The quantitative estimate of drug-likeness (QED) is 0.764. The molecule has 7 nitrogen and oxygen atoms in total. The van der Waals surface area contributed by atoms with Crippen LogP contribution in [0.4, 0.5) is 13.2 Å². The fourth-order valence-corrected chi connectivity index (χ4v) is 2.68. The van der Waals surface area contributed by atoms with Crippen LogP contribution in [0.25, 0.3) is 0 Å². The highest BCUT2D eigenvalue weighted by molar-refractivity contribution is 5.57. The van der Waals surface area contributed by atoms with E-state index in [0.717, 1.165) is 0 Å². The molecule has 0 spiro atoms. The Morgan fingerprint density at radius 3 is 2.72 bits per heavy atom. The first-order valence-electron chi connectivity index (χ1n) is 6.87. The third kappa shape index (κ3) is 2.59. The molecule has 0 fully saturated rings. The van der Waals surface area contributed by atoms with Crippen molar-refractivity contribution in [2.24, 2.45) is 5.73 Å². The average molecular weight is 352 g/mol. The Morgan fingerprint density at radius 2 is 2.16 bits per heavy atom. The number of rotatable bonds is 2. The van der Waals surface area contributed by atoms with Gasteiger partial charge < -0.3 is 20.3 Å². The number of nitrogens with zero attached hydrogens (tertiary/aromatic N) is 2. The van der Waals surface area contributed by atoms with Crippen molar-refractivity contribution in [1.82, 2.24) is 10.2 Å². The van der Waals surface area contributed by atoms with E-state index in [1.54, 1.807) is 6.07 Å². The minimum absolute atomic E-state index is 0.134. The zero-order valence-electron chi connectivity index (χ0n) is 12.7. The van der Waals surface area contributed by atoms with Crippen LogP contribution in [-0.2, 0) is 6.18 Å². The number of allylic oxidation sites excluding steroid dienone is 1. The third-order valence-corrected chi connectivity index (χ3v) is 3.76. The zero-order valence-corrected chi connectivity index (χ0v) is 12.7. The van der Waals surface area contributed by atoms with Gasteiger partial charge in [0.2, 0.25) is 11.8 Å².